The van der Waals surface area contributed by atoms with Crippen molar-refractivity contribution in [3.05, 3.63) is 35.9 Å². The number of rotatable bonds is 3. The van der Waals surface area contributed by atoms with E-state index in [-0.39, 0.29) is 6.10 Å². The molecule has 2 heteroatoms. The lowest BCUT2D eigenvalue weighted by atomic mass is 10.0. The largest absolute Gasteiger partial charge is 0.475 e. The normalized spacial score (nSPS) is 11.4. The molecule has 0 saturated carbocycles. The molecule has 0 atom stereocenters. The van der Waals surface area contributed by atoms with Gasteiger partial charge in [-0.3, -0.25) is 0 Å². The topological polar surface area (TPSA) is 22.1 Å². The van der Waals surface area contributed by atoms with E-state index in [1.807, 2.05) is 32.0 Å². The van der Waals surface area contributed by atoms with Gasteiger partial charge in [0, 0.05) is 10.9 Å². The monoisotopic (exact) mass is 229 g/mol. The van der Waals surface area contributed by atoms with Crippen LogP contribution in [0.15, 0.2) is 30.3 Å². The van der Waals surface area contributed by atoms with Crippen molar-refractivity contribution in [1.82, 2.24) is 4.98 Å². The lowest BCUT2D eigenvalue weighted by molar-refractivity contribution is 0.230. The van der Waals surface area contributed by atoms with Gasteiger partial charge in [-0.2, -0.15) is 0 Å². The second-order valence-corrected chi connectivity index (χ2v) is 4.90. The maximum atomic E-state index is 5.80. The van der Waals surface area contributed by atoms with Crippen LogP contribution in [0.4, 0.5) is 0 Å². The highest BCUT2D eigenvalue weighted by Crippen LogP contribution is 2.28. The van der Waals surface area contributed by atoms with E-state index in [4.69, 9.17) is 4.74 Å². The molecule has 0 bridgehead atoms. The van der Waals surface area contributed by atoms with Gasteiger partial charge < -0.3 is 4.74 Å². The minimum atomic E-state index is 0.154. The van der Waals surface area contributed by atoms with Crippen LogP contribution in [0, 0.1) is 0 Å². The number of ether oxygens (including phenoxy) is 1. The Balaban J connectivity index is 2.58. The van der Waals surface area contributed by atoms with Gasteiger partial charge in [-0.15, -0.1) is 0 Å². The van der Waals surface area contributed by atoms with Crippen molar-refractivity contribution in [1.29, 1.82) is 0 Å². The zero-order valence-electron chi connectivity index (χ0n) is 10.9. The van der Waals surface area contributed by atoms with Crippen molar-refractivity contribution in [3.8, 4) is 5.88 Å². The molecule has 2 rings (SSSR count). The number of pyridine rings is 1. The molecule has 0 fully saturated rings. The van der Waals surface area contributed by atoms with Crippen LogP contribution in [0.5, 0.6) is 5.88 Å². The lowest BCUT2D eigenvalue weighted by Gasteiger charge is -2.16. The Kier molecular flexibility index (Phi) is 3.32. The highest BCUT2D eigenvalue weighted by atomic mass is 16.5. The van der Waals surface area contributed by atoms with Crippen LogP contribution in [-0.4, -0.2) is 11.1 Å². The minimum absolute atomic E-state index is 0.154. The van der Waals surface area contributed by atoms with Crippen molar-refractivity contribution in [2.24, 2.45) is 0 Å². The van der Waals surface area contributed by atoms with Crippen LogP contribution < -0.4 is 4.74 Å². The highest BCUT2D eigenvalue weighted by Gasteiger charge is 2.12. The number of aromatic nitrogens is 1. The molecule has 1 aromatic heterocycles. The van der Waals surface area contributed by atoms with Crippen LogP contribution in [-0.2, 0) is 0 Å². The Morgan fingerprint density at radius 3 is 2.41 bits per heavy atom. The van der Waals surface area contributed by atoms with Crippen LogP contribution in [0.3, 0.4) is 0 Å². The summed E-state index contributed by atoms with van der Waals surface area (Å²) in [6, 6.07) is 10.3. The van der Waals surface area contributed by atoms with Crippen LogP contribution >= 0.6 is 0 Å². The van der Waals surface area contributed by atoms with Crippen molar-refractivity contribution in [2.75, 3.05) is 0 Å². The molecule has 2 aromatic rings. The maximum Gasteiger partial charge on any atom is 0.217 e. The predicted molar refractivity (Wildman–Crippen MR) is 71.6 cm³/mol. The summed E-state index contributed by atoms with van der Waals surface area (Å²) in [7, 11) is 0. The molecule has 1 aromatic carbocycles. The summed E-state index contributed by atoms with van der Waals surface area (Å²) in [5, 5.41) is 1.17. The molecule has 0 aliphatic carbocycles. The van der Waals surface area contributed by atoms with Gasteiger partial charge in [0.05, 0.1) is 11.6 Å². The van der Waals surface area contributed by atoms with Gasteiger partial charge in [0.15, 0.2) is 0 Å². The van der Waals surface area contributed by atoms with E-state index in [0.717, 1.165) is 11.4 Å². The van der Waals surface area contributed by atoms with Crippen molar-refractivity contribution in [2.45, 2.75) is 39.7 Å². The second kappa shape index (κ2) is 4.74. The third-order valence-electron chi connectivity index (χ3n) is 2.69. The van der Waals surface area contributed by atoms with Gasteiger partial charge in [0.25, 0.3) is 0 Å². The molecule has 0 unspecified atom stereocenters. The molecule has 0 radical (unpaired) electrons. The molecule has 0 saturated heterocycles. The molecule has 0 aliphatic heterocycles. The summed E-state index contributed by atoms with van der Waals surface area (Å²) < 4.78 is 5.80. The SMILES string of the molecule is CC(C)Oc1nc2ccccc2cc1C(C)C. The summed E-state index contributed by atoms with van der Waals surface area (Å²) in [6.07, 6.45) is 0.154. The zero-order valence-corrected chi connectivity index (χ0v) is 10.9. The third-order valence-corrected chi connectivity index (χ3v) is 2.69. The first kappa shape index (κ1) is 11.9. The quantitative estimate of drug-likeness (QED) is 0.789. The van der Waals surface area contributed by atoms with E-state index in [0.29, 0.717) is 5.92 Å². The van der Waals surface area contributed by atoms with Crippen molar-refractivity contribution < 1.29 is 4.74 Å². The highest BCUT2D eigenvalue weighted by molar-refractivity contribution is 5.80. The average Bonchev–Trinajstić information content (AvgIpc) is 2.27. The Hall–Kier alpha value is -1.57. The fraction of sp³-hybridized carbons (Fsp3) is 0.400. The molecule has 1 heterocycles. The number of benzene rings is 1. The van der Waals surface area contributed by atoms with Gasteiger partial charge >= 0.3 is 0 Å². The van der Waals surface area contributed by atoms with Crippen molar-refractivity contribution in [3.63, 3.8) is 0 Å². The van der Waals surface area contributed by atoms with E-state index >= 15 is 0 Å². The number of hydrogen-bond donors (Lipinski definition) is 0. The third kappa shape index (κ3) is 2.57. The van der Waals surface area contributed by atoms with Crippen LogP contribution in [0.25, 0.3) is 10.9 Å². The Morgan fingerprint density at radius 1 is 1.06 bits per heavy atom. The molecule has 0 aliphatic rings. The lowest BCUT2D eigenvalue weighted by Crippen LogP contribution is -2.09. The van der Waals surface area contributed by atoms with Crippen LogP contribution in [0.2, 0.25) is 0 Å². The zero-order chi connectivity index (χ0) is 12.4. The molecule has 0 amide bonds. The van der Waals surface area contributed by atoms with Gasteiger partial charge in [-0.1, -0.05) is 32.0 Å². The summed E-state index contributed by atoms with van der Waals surface area (Å²) in [6.45, 7) is 8.39. The first-order valence-corrected chi connectivity index (χ1v) is 6.14. The molecule has 90 valence electrons. The Labute approximate surface area is 103 Å². The van der Waals surface area contributed by atoms with E-state index < -0.39 is 0 Å². The van der Waals surface area contributed by atoms with E-state index in [1.54, 1.807) is 0 Å². The molecule has 2 nitrogen and oxygen atoms in total. The van der Waals surface area contributed by atoms with E-state index in [2.05, 4.69) is 31.0 Å². The minimum Gasteiger partial charge on any atom is -0.475 e. The maximum absolute atomic E-state index is 5.80. The number of para-hydroxylation sites is 1. The summed E-state index contributed by atoms with van der Waals surface area (Å²) >= 11 is 0. The predicted octanol–water partition coefficient (Wildman–Crippen LogP) is 4.15. The smallest absolute Gasteiger partial charge is 0.217 e. The van der Waals surface area contributed by atoms with Crippen molar-refractivity contribution >= 4 is 10.9 Å². The summed E-state index contributed by atoms with van der Waals surface area (Å²) in [4.78, 5) is 4.61. The first-order valence-electron chi connectivity index (χ1n) is 6.14. The van der Waals surface area contributed by atoms with Gasteiger partial charge in [0.1, 0.15) is 0 Å². The molecular weight excluding hydrogens is 210 g/mol. The fourth-order valence-electron chi connectivity index (χ4n) is 1.85. The van der Waals surface area contributed by atoms with Gasteiger partial charge in [0.2, 0.25) is 5.88 Å². The summed E-state index contributed by atoms with van der Waals surface area (Å²) in [5.74, 6) is 1.19. The average molecular weight is 229 g/mol. The molecular formula is C15H19NO. The molecule has 0 spiro atoms. The Morgan fingerprint density at radius 2 is 1.76 bits per heavy atom. The Bertz CT molecular complexity index is 517. The second-order valence-electron chi connectivity index (χ2n) is 4.90. The van der Waals surface area contributed by atoms with Gasteiger partial charge in [-0.05, 0) is 31.9 Å². The first-order chi connectivity index (χ1) is 8.08. The van der Waals surface area contributed by atoms with E-state index in [1.165, 1.54) is 10.9 Å². The fourth-order valence-corrected chi connectivity index (χ4v) is 1.85. The summed E-state index contributed by atoms with van der Waals surface area (Å²) in [5.41, 5.74) is 2.17. The molecule has 17 heavy (non-hydrogen) atoms. The van der Waals surface area contributed by atoms with Crippen LogP contribution in [0.1, 0.15) is 39.2 Å². The molecule has 0 N–H and O–H groups in total. The number of fused-ring (bicyclic) bond motifs is 1. The number of nitrogens with zero attached hydrogens (tertiary/aromatic N) is 1. The van der Waals surface area contributed by atoms with E-state index in [9.17, 15) is 0 Å². The standard InChI is InChI=1S/C15H19NO/c1-10(2)13-9-12-7-5-6-8-14(12)16-15(13)17-11(3)4/h5-11H,1-4H3. The van der Waals surface area contributed by atoms with Gasteiger partial charge in [-0.25, -0.2) is 4.98 Å². The number of hydrogen-bond acceptors (Lipinski definition) is 2.